The van der Waals surface area contributed by atoms with E-state index in [9.17, 15) is 9.59 Å². The minimum Gasteiger partial charge on any atom is -0.348 e. The van der Waals surface area contributed by atoms with E-state index in [-0.39, 0.29) is 23.2 Å². The number of piperidine rings is 1. The minimum absolute atomic E-state index is 0.144. The van der Waals surface area contributed by atoms with Crippen molar-refractivity contribution in [3.05, 3.63) is 64.1 Å². The fraction of sp³-hybridized carbons (Fsp3) is 0.389. The number of hydrogen-bond donors (Lipinski definition) is 2. The van der Waals surface area contributed by atoms with Gasteiger partial charge in [0.15, 0.2) is 0 Å². The van der Waals surface area contributed by atoms with Crippen molar-refractivity contribution in [1.82, 2.24) is 20.4 Å². The van der Waals surface area contributed by atoms with E-state index in [1.54, 1.807) is 0 Å². The van der Waals surface area contributed by atoms with Crippen molar-refractivity contribution in [2.45, 2.75) is 31.8 Å². The summed E-state index contributed by atoms with van der Waals surface area (Å²) in [6.07, 6.45) is 1.82. The van der Waals surface area contributed by atoms with Gasteiger partial charge in [-0.05, 0) is 31.4 Å². The van der Waals surface area contributed by atoms with Gasteiger partial charge in [0.2, 0.25) is 0 Å². The van der Waals surface area contributed by atoms with Crippen LogP contribution in [0, 0.1) is 0 Å². The summed E-state index contributed by atoms with van der Waals surface area (Å²) in [6, 6.07) is 13.7. The third kappa shape index (κ3) is 3.89. The first-order valence-corrected chi connectivity index (χ1v) is 8.29. The van der Waals surface area contributed by atoms with Crippen molar-refractivity contribution in [3.63, 3.8) is 0 Å². The molecule has 2 heterocycles. The van der Waals surface area contributed by atoms with Crippen LogP contribution in [-0.2, 0) is 0 Å². The fourth-order valence-corrected chi connectivity index (χ4v) is 3.10. The summed E-state index contributed by atoms with van der Waals surface area (Å²) in [6.45, 7) is 4.11. The number of nitrogens with zero attached hydrogens (tertiary/aromatic N) is 2. The number of carbonyl (C=O) groups excluding carboxylic acids is 1. The first kappa shape index (κ1) is 16.4. The van der Waals surface area contributed by atoms with Crippen LogP contribution in [0.15, 0.2) is 47.3 Å². The lowest BCUT2D eigenvalue weighted by atomic mass is 10.00. The number of amides is 1. The van der Waals surface area contributed by atoms with Crippen LogP contribution in [0.4, 0.5) is 0 Å². The highest BCUT2D eigenvalue weighted by Crippen LogP contribution is 2.24. The van der Waals surface area contributed by atoms with Crippen LogP contribution in [0.3, 0.4) is 0 Å². The first-order chi connectivity index (χ1) is 11.6. The van der Waals surface area contributed by atoms with Crippen molar-refractivity contribution < 1.29 is 4.79 Å². The molecule has 0 spiro atoms. The lowest BCUT2D eigenvalue weighted by Crippen LogP contribution is -2.45. The largest absolute Gasteiger partial charge is 0.348 e. The monoisotopic (exact) mass is 326 g/mol. The van der Waals surface area contributed by atoms with Gasteiger partial charge in [0.1, 0.15) is 5.69 Å². The normalized spacial score (nSPS) is 17.4. The molecular formula is C18H22N4O2. The van der Waals surface area contributed by atoms with Crippen LogP contribution < -0.4 is 10.9 Å². The van der Waals surface area contributed by atoms with Gasteiger partial charge in [-0.3, -0.25) is 14.5 Å². The molecule has 1 aliphatic heterocycles. The Morgan fingerprint density at radius 1 is 1.21 bits per heavy atom. The number of aromatic nitrogens is 2. The maximum absolute atomic E-state index is 12.2. The minimum atomic E-state index is -0.310. The number of aromatic amines is 1. The summed E-state index contributed by atoms with van der Waals surface area (Å²) < 4.78 is 0. The molecule has 6 heteroatoms. The molecule has 2 aromatic rings. The number of hydrogen-bond acceptors (Lipinski definition) is 4. The van der Waals surface area contributed by atoms with Crippen LogP contribution in [0.5, 0.6) is 0 Å². The molecule has 126 valence electrons. The topological polar surface area (TPSA) is 78.1 Å². The van der Waals surface area contributed by atoms with E-state index >= 15 is 0 Å². The molecular weight excluding hydrogens is 304 g/mol. The highest BCUT2D eigenvalue weighted by Gasteiger charge is 2.24. The van der Waals surface area contributed by atoms with Gasteiger partial charge in [0, 0.05) is 31.2 Å². The second kappa shape index (κ2) is 7.40. The van der Waals surface area contributed by atoms with Gasteiger partial charge in [0.05, 0.1) is 0 Å². The average molecular weight is 326 g/mol. The first-order valence-electron chi connectivity index (χ1n) is 8.29. The lowest BCUT2D eigenvalue weighted by molar-refractivity contribution is 0.0890. The Morgan fingerprint density at radius 2 is 1.92 bits per heavy atom. The molecule has 1 aromatic carbocycles. The third-order valence-electron chi connectivity index (χ3n) is 4.61. The molecule has 1 amide bonds. The quantitative estimate of drug-likeness (QED) is 0.897. The van der Waals surface area contributed by atoms with Gasteiger partial charge < -0.3 is 5.32 Å². The number of nitrogens with one attached hydrogen (secondary N) is 2. The predicted octanol–water partition coefficient (Wildman–Crippen LogP) is 1.73. The zero-order valence-electron chi connectivity index (χ0n) is 13.7. The molecule has 24 heavy (non-hydrogen) atoms. The summed E-state index contributed by atoms with van der Waals surface area (Å²) in [5, 5.41) is 9.05. The van der Waals surface area contributed by atoms with E-state index in [0.29, 0.717) is 6.04 Å². The van der Waals surface area contributed by atoms with Crippen LogP contribution in [0.25, 0.3) is 0 Å². The van der Waals surface area contributed by atoms with Gasteiger partial charge in [-0.2, -0.15) is 5.10 Å². The zero-order valence-corrected chi connectivity index (χ0v) is 13.7. The highest BCUT2D eigenvalue weighted by molar-refractivity contribution is 5.92. The second-order valence-electron chi connectivity index (χ2n) is 6.18. The van der Waals surface area contributed by atoms with E-state index in [1.807, 2.05) is 6.07 Å². The summed E-state index contributed by atoms with van der Waals surface area (Å²) in [4.78, 5) is 25.6. The SMILES string of the molecule is CC(c1ccccc1)N1CCC(NC(=O)c2ccc(=O)[nH]n2)CC1. The molecule has 2 N–H and O–H groups in total. The molecule has 0 radical (unpaired) electrons. The van der Waals surface area contributed by atoms with Crippen molar-refractivity contribution in [2.75, 3.05) is 13.1 Å². The molecule has 0 aliphatic carbocycles. The number of H-pyrrole nitrogens is 1. The van der Waals surface area contributed by atoms with Gasteiger partial charge in [0.25, 0.3) is 11.5 Å². The second-order valence-corrected chi connectivity index (χ2v) is 6.18. The van der Waals surface area contributed by atoms with Gasteiger partial charge >= 0.3 is 0 Å². The lowest BCUT2D eigenvalue weighted by Gasteiger charge is -2.36. The number of carbonyl (C=O) groups is 1. The third-order valence-corrected chi connectivity index (χ3v) is 4.61. The molecule has 1 unspecified atom stereocenters. The van der Waals surface area contributed by atoms with Crippen molar-refractivity contribution in [3.8, 4) is 0 Å². The predicted molar refractivity (Wildman–Crippen MR) is 91.8 cm³/mol. The Balaban J connectivity index is 1.52. The highest BCUT2D eigenvalue weighted by atomic mass is 16.2. The fourth-order valence-electron chi connectivity index (χ4n) is 3.10. The number of rotatable bonds is 4. The summed E-state index contributed by atoms with van der Waals surface area (Å²) in [5.74, 6) is -0.235. The molecule has 6 nitrogen and oxygen atoms in total. The molecule has 1 fully saturated rings. The molecule has 1 atom stereocenters. The van der Waals surface area contributed by atoms with Crippen molar-refractivity contribution in [1.29, 1.82) is 0 Å². The Kier molecular flexibility index (Phi) is 5.05. The number of likely N-dealkylation sites (tertiary alicyclic amines) is 1. The average Bonchev–Trinajstić information content (AvgIpc) is 2.63. The Morgan fingerprint density at radius 3 is 2.54 bits per heavy atom. The van der Waals surface area contributed by atoms with Gasteiger partial charge in [-0.15, -0.1) is 0 Å². The van der Waals surface area contributed by atoms with Crippen LogP contribution in [0.2, 0.25) is 0 Å². The van der Waals surface area contributed by atoms with Crippen LogP contribution >= 0.6 is 0 Å². The summed E-state index contributed by atoms with van der Waals surface area (Å²) in [5.41, 5.74) is 1.25. The summed E-state index contributed by atoms with van der Waals surface area (Å²) in [7, 11) is 0. The molecule has 1 aromatic heterocycles. The van der Waals surface area contributed by atoms with Gasteiger partial charge in [-0.25, -0.2) is 5.10 Å². The van der Waals surface area contributed by atoms with Gasteiger partial charge in [-0.1, -0.05) is 30.3 Å². The van der Waals surface area contributed by atoms with E-state index in [0.717, 1.165) is 25.9 Å². The Hall–Kier alpha value is -2.47. The molecule has 1 aliphatic rings. The molecule has 1 saturated heterocycles. The maximum atomic E-state index is 12.2. The van der Waals surface area contributed by atoms with Crippen molar-refractivity contribution in [2.24, 2.45) is 0 Å². The summed E-state index contributed by atoms with van der Waals surface area (Å²) >= 11 is 0. The molecule has 0 saturated carbocycles. The zero-order chi connectivity index (χ0) is 16.9. The van der Waals surface area contributed by atoms with E-state index < -0.39 is 0 Å². The smallest absolute Gasteiger partial charge is 0.271 e. The van der Waals surface area contributed by atoms with Crippen LogP contribution in [0.1, 0.15) is 41.9 Å². The number of benzene rings is 1. The van der Waals surface area contributed by atoms with E-state index in [1.165, 1.54) is 17.7 Å². The van der Waals surface area contributed by atoms with E-state index in [4.69, 9.17) is 0 Å². The van der Waals surface area contributed by atoms with Crippen LogP contribution in [-0.4, -0.2) is 40.1 Å². The Bertz CT molecular complexity index is 716. The standard InChI is InChI=1S/C18H22N4O2/c1-13(14-5-3-2-4-6-14)22-11-9-15(10-12-22)19-18(24)16-7-8-17(23)21-20-16/h2-8,13,15H,9-12H2,1H3,(H,19,24)(H,21,23). The van der Waals surface area contributed by atoms with E-state index in [2.05, 4.69) is 51.6 Å². The molecule has 3 rings (SSSR count). The molecule has 0 bridgehead atoms. The van der Waals surface area contributed by atoms with Crippen molar-refractivity contribution >= 4 is 5.91 Å². The maximum Gasteiger partial charge on any atom is 0.271 e. The Labute approximate surface area is 140 Å².